The Kier molecular flexibility index (Phi) is 3.54. The Bertz CT molecular complexity index is 768. The summed E-state index contributed by atoms with van der Waals surface area (Å²) in [5.74, 6) is -1.66. The number of halogens is 3. The number of carboxylic acids is 1. The highest BCUT2D eigenvalue weighted by molar-refractivity contribution is 5.98. The van der Waals surface area contributed by atoms with Gasteiger partial charge in [0.25, 0.3) is 0 Å². The maximum atomic E-state index is 13.0. The van der Waals surface area contributed by atoms with Crippen LogP contribution in [-0.2, 0) is 12.6 Å². The zero-order valence-corrected chi connectivity index (χ0v) is 12.2. The Labute approximate surface area is 129 Å². The van der Waals surface area contributed by atoms with Crippen LogP contribution in [0.1, 0.15) is 28.0 Å². The summed E-state index contributed by atoms with van der Waals surface area (Å²) in [5, 5.41) is 14.8. The normalized spacial score (nSPS) is 14.7. The van der Waals surface area contributed by atoms with E-state index in [0.717, 1.165) is 30.6 Å². The standard InChI is InChI=1S/C15H14F3N3O2/c1-21-7-3-5-8-4-2-6-9(12(8)21)11-10(14(22)23)13(20-19-11)15(16,17)18/h2,4,6H,3,5,7H2,1H3,(H,19,20)(H,22,23). The van der Waals surface area contributed by atoms with Crippen molar-refractivity contribution in [2.24, 2.45) is 0 Å². The van der Waals surface area contributed by atoms with E-state index in [1.165, 1.54) is 0 Å². The van der Waals surface area contributed by atoms with Crippen molar-refractivity contribution in [3.8, 4) is 11.3 Å². The number of aromatic nitrogens is 2. The molecular formula is C15H14F3N3O2. The van der Waals surface area contributed by atoms with Gasteiger partial charge in [-0.05, 0) is 18.4 Å². The van der Waals surface area contributed by atoms with Crippen LogP contribution in [0.25, 0.3) is 11.3 Å². The van der Waals surface area contributed by atoms with Crippen LogP contribution in [0.5, 0.6) is 0 Å². The fourth-order valence-corrected chi connectivity index (χ4v) is 3.00. The van der Waals surface area contributed by atoms with Gasteiger partial charge in [0.05, 0.1) is 0 Å². The third-order valence-electron chi connectivity index (χ3n) is 3.96. The fourth-order valence-electron chi connectivity index (χ4n) is 3.00. The number of alkyl halides is 3. The summed E-state index contributed by atoms with van der Waals surface area (Å²) in [6.45, 7) is 0.753. The van der Waals surface area contributed by atoms with Crippen LogP contribution >= 0.6 is 0 Å². The quantitative estimate of drug-likeness (QED) is 0.890. The molecule has 122 valence electrons. The number of aromatic carboxylic acids is 1. The van der Waals surface area contributed by atoms with E-state index in [2.05, 4.69) is 5.10 Å². The number of anilines is 1. The molecule has 0 fully saturated rings. The largest absolute Gasteiger partial charge is 0.478 e. The number of hydrogen-bond acceptors (Lipinski definition) is 3. The second-order valence-electron chi connectivity index (χ2n) is 5.46. The first-order valence-corrected chi connectivity index (χ1v) is 7.03. The number of carboxylic acid groups (broad SMARTS) is 1. The van der Waals surface area contributed by atoms with E-state index < -0.39 is 23.4 Å². The lowest BCUT2D eigenvalue weighted by atomic mass is 9.95. The number of rotatable bonds is 2. The SMILES string of the molecule is CN1CCCc2cccc(-c3n[nH]c(C(F)(F)F)c3C(=O)O)c21. The fraction of sp³-hybridized carbons (Fsp3) is 0.333. The molecule has 0 aliphatic carbocycles. The van der Waals surface area contributed by atoms with Crippen LogP contribution in [0.2, 0.25) is 0 Å². The average Bonchev–Trinajstić information content (AvgIpc) is 2.92. The van der Waals surface area contributed by atoms with Gasteiger partial charge in [0, 0.05) is 24.8 Å². The van der Waals surface area contributed by atoms with E-state index in [-0.39, 0.29) is 5.69 Å². The minimum Gasteiger partial charge on any atom is -0.478 e. The molecule has 1 aromatic heterocycles. The van der Waals surface area contributed by atoms with Gasteiger partial charge in [0.15, 0.2) is 5.69 Å². The number of carbonyl (C=O) groups is 1. The molecule has 0 saturated carbocycles. The predicted molar refractivity (Wildman–Crippen MR) is 77.6 cm³/mol. The van der Waals surface area contributed by atoms with Gasteiger partial charge < -0.3 is 10.0 Å². The summed E-state index contributed by atoms with van der Waals surface area (Å²) in [5.41, 5.74) is -0.254. The number of H-pyrrole nitrogens is 1. The van der Waals surface area contributed by atoms with Crippen molar-refractivity contribution in [2.75, 3.05) is 18.5 Å². The summed E-state index contributed by atoms with van der Waals surface area (Å²) in [6.07, 6.45) is -3.07. The molecular weight excluding hydrogens is 311 g/mol. The molecule has 2 heterocycles. The van der Waals surface area contributed by atoms with Crippen molar-refractivity contribution < 1.29 is 23.1 Å². The number of benzene rings is 1. The molecule has 0 atom stereocenters. The Morgan fingerprint density at radius 1 is 1.39 bits per heavy atom. The summed E-state index contributed by atoms with van der Waals surface area (Å²) >= 11 is 0. The van der Waals surface area contributed by atoms with Crippen LogP contribution in [0.15, 0.2) is 18.2 Å². The number of aryl methyl sites for hydroxylation is 1. The van der Waals surface area contributed by atoms with Crippen LogP contribution in [0.3, 0.4) is 0 Å². The third kappa shape index (κ3) is 2.54. The molecule has 1 aliphatic rings. The van der Waals surface area contributed by atoms with E-state index in [1.807, 2.05) is 23.1 Å². The number of hydrogen-bond donors (Lipinski definition) is 2. The lowest BCUT2D eigenvalue weighted by molar-refractivity contribution is -0.141. The lowest BCUT2D eigenvalue weighted by Crippen LogP contribution is -2.25. The molecule has 0 saturated heterocycles. The highest BCUT2D eigenvalue weighted by Gasteiger charge is 2.40. The molecule has 1 aromatic carbocycles. The number of nitrogens with one attached hydrogen (secondary N) is 1. The van der Waals surface area contributed by atoms with E-state index in [0.29, 0.717) is 5.56 Å². The second kappa shape index (κ2) is 5.29. The minimum atomic E-state index is -4.81. The molecule has 0 radical (unpaired) electrons. The zero-order chi connectivity index (χ0) is 16.8. The molecule has 0 spiro atoms. The third-order valence-corrected chi connectivity index (χ3v) is 3.96. The molecule has 8 heteroatoms. The Hall–Kier alpha value is -2.51. The van der Waals surface area contributed by atoms with E-state index in [9.17, 15) is 23.1 Å². The first-order chi connectivity index (χ1) is 10.8. The summed E-state index contributed by atoms with van der Waals surface area (Å²) in [4.78, 5) is 13.3. The molecule has 0 unspecified atom stereocenters. The highest BCUT2D eigenvalue weighted by Crippen LogP contribution is 2.40. The van der Waals surface area contributed by atoms with Crippen molar-refractivity contribution in [2.45, 2.75) is 19.0 Å². The Morgan fingerprint density at radius 2 is 2.13 bits per heavy atom. The summed E-state index contributed by atoms with van der Waals surface area (Å²) in [7, 11) is 1.83. The lowest BCUT2D eigenvalue weighted by Gasteiger charge is -2.29. The predicted octanol–water partition coefficient (Wildman–Crippen LogP) is 3.18. The zero-order valence-electron chi connectivity index (χ0n) is 12.2. The van der Waals surface area contributed by atoms with Gasteiger partial charge in [0.2, 0.25) is 0 Å². The smallest absolute Gasteiger partial charge is 0.433 e. The van der Waals surface area contributed by atoms with Crippen molar-refractivity contribution in [3.05, 3.63) is 35.0 Å². The molecule has 5 nitrogen and oxygen atoms in total. The maximum Gasteiger partial charge on any atom is 0.433 e. The summed E-state index contributed by atoms with van der Waals surface area (Å²) < 4.78 is 39.0. The van der Waals surface area contributed by atoms with Crippen molar-refractivity contribution in [1.82, 2.24) is 10.2 Å². The van der Waals surface area contributed by atoms with Crippen LogP contribution in [0, 0.1) is 0 Å². The first kappa shape index (κ1) is 15.4. The maximum absolute atomic E-state index is 13.0. The van der Waals surface area contributed by atoms with Gasteiger partial charge in [-0.2, -0.15) is 18.3 Å². The molecule has 3 rings (SSSR count). The molecule has 1 aliphatic heterocycles. The van der Waals surface area contributed by atoms with E-state index in [4.69, 9.17) is 0 Å². The topological polar surface area (TPSA) is 69.2 Å². The second-order valence-corrected chi connectivity index (χ2v) is 5.46. The highest BCUT2D eigenvalue weighted by atomic mass is 19.4. The first-order valence-electron chi connectivity index (χ1n) is 7.03. The number of fused-ring (bicyclic) bond motifs is 1. The van der Waals surface area contributed by atoms with Gasteiger partial charge in [0.1, 0.15) is 11.3 Å². The Morgan fingerprint density at radius 3 is 2.78 bits per heavy atom. The summed E-state index contributed by atoms with van der Waals surface area (Å²) in [6, 6.07) is 5.20. The molecule has 0 amide bonds. The molecule has 2 N–H and O–H groups in total. The average molecular weight is 325 g/mol. The molecule has 23 heavy (non-hydrogen) atoms. The van der Waals surface area contributed by atoms with Crippen LogP contribution < -0.4 is 4.90 Å². The van der Waals surface area contributed by atoms with Gasteiger partial charge in [-0.3, -0.25) is 5.10 Å². The minimum absolute atomic E-state index is 0.185. The van der Waals surface area contributed by atoms with Crippen LogP contribution in [-0.4, -0.2) is 34.9 Å². The van der Waals surface area contributed by atoms with Gasteiger partial charge in [-0.1, -0.05) is 18.2 Å². The number of nitrogens with zero attached hydrogens (tertiary/aromatic N) is 2. The van der Waals surface area contributed by atoms with Gasteiger partial charge in [-0.25, -0.2) is 4.79 Å². The van der Waals surface area contributed by atoms with E-state index >= 15 is 0 Å². The molecule has 0 bridgehead atoms. The van der Waals surface area contributed by atoms with Crippen molar-refractivity contribution in [3.63, 3.8) is 0 Å². The number of para-hydroxylation sites is 1. The van der Waals surface area contributed by atoms with Gasteiger partial charge >= 0.3 is 12.1 Å². The monoisotopic (exact) mass is 325 g/mol. The van der Waals surface area contributed by atoms with Crippen LogP contribution in [0.4, 0.5) is 18.9 Å². The molecule has 2 aromatic rings. The number of aromatic amines is 1. The van der Waals surface area contributed by atoms with Crippen molar-refractivity contribution >= 4 is 11.7 Å². The van der Waals surface area contributed by atoms with Crippen molar-refractivity contribution in [1.29, 1.82) is 0 Å². The van der Waals surface area contributed by atoms with E-state index in [1.54, 1.807) is 12.1 Å². The Balaban J connectivity index is 2.25. The van der Waals surface area contributed by atoms with Gasteiger partial charge in [-0.15, -0.1) is 0 Å².